The van der Waals surface area contributed by atoms with Crippen LogP contribution in [0.3, 0.4) is 0 Å². The first-order valence-electron chi connectivity index (χ1n) is 8.74. The maximum Gasteiger partial charge on any atom is 0.230 e. The number of carbonyl (C=O) groups is 1. The number of amides is 1. The van der Waals surface area contributed by atoms with Gasteiger partial charge in [0.2, 0.25) is 5.91 Å². The zero-order valence-electron chi connectivity index (χ0n) is 14.9. The van der Waals surface area contributed by atoms with E-state index in [4.69, 9.17) is 11.6 Å². The van der Waals surface area contributed by atoms with E-state index < -0.39 is 0 Å². The van der Waals surface area contributed by atoms with Crippen LogP contribution in [-0.4, -0.2) is 26.3 Å². The van der Waals surface area contributed by atoms with Crippen molar-refractivity contribution in [3.63, 3.8) is 0 Å². The molecule has 2 aromatic heterocycles. The molecule has 7 heteroatoms. The van der Waals surface area contributed by atoms with Gasteiger partial charge in [-0.25, -0.2) is 9.50 Å². The lowest BCUT2D eigenvalue weighted by Crippen LogP contribution is -2.24. The van der Waals surface area contributed by atoms with E-state index in [1.807, 2.05) is 72.9 Å². The minimum absolute atomic E-state index is 0.0672. The average Bonchev–Trinajstić information content (AvgIpc) is 3.16. The lowest BCUT2D eigenvalue weighted by atomic mass is 10.2. The molecule has 0 aliphatic rings. The lowest BCUT2D eigenvalue weighted by molar-refractivity contribution is -0.118. The summed E-state index contributed by atoms with van der Waals surface area (Å²) in [5, 5.41) is 8.83. The van der Waals surface area contributed by atoms with Crippen molar-refractivity contribution in [1.82, 2.24) is 19.9 Å². The Kier molecular flexibility index (Phi) is 5.60. The number of benzene rings is 2. The second kappa shape index (κ2) is 8.46. The second-order valence-electron chi connectivity index (χ2n) is 6.12. The molecule has 28 heavy (non-hydrogen) atoms. The predicted octanol–water partition coefficient (Wildman–Crippen LogP) is 4.46. The van der Waals surface area contributed by atoms with Crippen LogP contribution < -0.4 is 5.32 Å². The topological polar surface area (TPSA) is 59.3 Å². The molecule has 0 aliphatic heterocycles. The molecule has 2 heterocycles. The summed E-state index contributed by atoms with van der Waals surface area (Å²) in [4.78, 5) is 16.7. The van der Waals surface area contributed by atoms with E-state index in [-0.39, 0.29) is 11.7 Å². The number of imidazole rings is 1. The molecule has 1 amide bonds. The fourth-order valence-corrected chi connectivity index (χ4v) is 3.61. The number of hydrogen-bond donors (Lipinski definition) is 1. The number of aromatic nitrogens is 3. The van der Waals surface area contributed by atoms with Gasteiger partial charge in [-0.05, 0) is 23.8 Å². The number of thioether (sulfide) groups is 1. The normalized spacial score (nSPS) is 10.9. The van der Waals surface area contributed by atoms with E-state index in [1.54, 1.807) is 4.52 Å². The van der Waals surface area contributed by atoms with E-state index in [2.05, 4.69) is 15.4 Å². The van der Waals surface area contributed by atoms with Gasteiger partial charge >= 0.3 is 0 Å². The monoisotopic (exact) mass is 408 g/mol. The Morgan fingerprint density at radius 2 is 1.82 bits per heavy atom. The summed E-state index contributed by atoms with van der Waals surface area (Å²) in [6, 6.07) is 21.2. The van der Waals surface area contributed by atoms with E-state index in [1.165, 1.54) is 11.8 Å². The number of fused-ring (bicyclic) bond motifs is 1. The molecule has 0 spiro atoms. The van der Waals surface area contributed by atoms with Crippen LogP contribution in [0.15, 0.2) is 78.0 Å². The second-order valence-corrected chi connectivity index (χ2v) is 7.53. The Hall–Kier alpha value is -2.83. The summed E-state index contributed by atoms with van der Waals surface area (Å²) < 4.78 is 1.74. The molecule has 0 unspecified atom stereocenters. The molecular weight excluding hydrogens is 392 g/mol. The van der Waals surface area contributed by atoms with Gasteiger partial charge in [0.1, 0.15) is 5.03 Å². The van der Waals surface area contributed by atoms with Crippen LogP contribution >= 0.6 is 23.4 Å². The van der Waals surface area contributed by atoms with Crippen molar-refractivity contribution in [3.05, 3.63) is 83.5 Å². The van der Waals surface area contributed by atoms with Crippen molar-refractivity contribution in [2.24, 2.45) is 0 Å². The Bertz CT molecular complexity index is 1110. The SMILES string of the molecule is O=C(CSc1ccc2nc(-c3ccccc3)cn2n1)NCc1ccccc1Cl. The highest BCUT2D eigenvalue weighted by Crippen LogP contribution is 2.21. The number of carbonyl (C=O) groups excluding carboxylic acids is 1. The fraction of sp³-hybridized carbons (Fsp3) is 0.0952. The third-order valence-electron chi connectivity index (χ3n) is 4.15. The highest BCUT2D eigenvalue weighted by Gasteiger charge is 2.08. The Morgan fingerprint density at radius 1 is 1.04 bits per heavy atom. The van der Waals surface area contributed by atoms with Crippen LogP contribution in [0.25, 0.3) is 16.9 Å². The van der Waals surface area contributed by atoms with Crippen LogP contribution in [0.4, 0.5) is 0 Å². The van der Waals surface area contributed by atoms with Crippen LogP contribution in [0, 0.1) is 0 Å². The Balaban J connectivity index is 1.38. The molecule has 1 N–H and O–H groups in total. The first-order valence-corrected chi connectivity index (χ1v) is 10.1. The van der Waals surface area contributed by atoms with Crippen molar-refractivity contribution in [2.45, 2.75) is 11.6 Å². The summed E-state index contributed by atoms with van der Waals surface area (Å²) >= 11 is 7.49. The van der Waals surface area contributed by atoms with Gasteiger partial charge in [-0.1, -0.05) is 71.9 Å². The van der Waals surface area contributed by atoms with Crippen molar-refractivity contribution in [1.29, 1.82) is 0 Å². The maximum absolute atomic E-state index is 12.1. The van der Waals surface area contributed by atoms with Crippen LogP contribution in [-0.2, 0) is 11.3 Å². The first-order chi connectivity index (χ1) is 13.7. The van der Waals surface area contributed by atoms with Gasteiger partial charge in [-0.2, -0.15) is 5.10 Å². The van der Waals surface area contributed by atoms with E-state index >= 15 is 0 Å². The van der Waals surface area contributed by atoms with Gasteiger partial charge < -0.3 is 5.32 Å². The summed E-state index contributed by atoms with van der Waals surface area (Å²) in [6.07, 6.45) is 1.90. The molecule has 0 fully saturated rings. The first kappa shape index (κ1) is 18.5. The van der Waals surface area contributed by atoms with Crippen molar-refractivity contribution in [2.75, 3.05) is 5.75 Å². The van der Waals surface area contributed by atoms with E-state index in [0.717, 1.165) is 27.5 Å². The van der Waals surface area contributed by atoms with Gasteiger partial charge in [0.25, 0.3) is 0 Å². The Morgan fingerprint density at radius 3 is 2.64 bits per heavy atom. The number of halogens is 1. The summed E-state index contributed by atoms with van der Waals surface area (Å²) in [6.45, 7) is 0.410. The summed E-state index contributed by atoms with van der Waals surface area (Å²) in [7, 11) is 0. The standard InChI is InChI=1S/C21H17ClN4OS/c22-17-9-5-4-8-16(17)12-23-20(27)14-28-21-11-10-19-24-18(13-26(19)25-21)15-6-2-1-3-7-15/h1-11,13H,12,14H2,(H,23,27). The van der Waals surface area contributed by atoms with Gasteiger partial charge in [0, 0.05) is 17.1 Å². The van der Waals surface area contributed by atoms with Gasteiger partial charge in [-0.15, -0.1) is 0 Å². The number of nitrogens with one attached hydrogen (secondary N) is 1. The molecule has 0 saturated carbocycles. The Labute approximate surface area is 171 Å². The molecular formula is C21H17ClN4OS. The largest absolute Gasteiger partial charge is 0.351 e. The molecule has 5 nitrogen and oxygen atoms in total. The molecule has 0 radical (unpaired) electrons. The number of rotatable bonds is 6. The molecule has 0 saturated heterocycles. The highest BCUT2D eigenvalue weighted by molar-refractivity contribution is 7.99. The minimum Gasteiger partial charge on any atom is -0.351 e. The van der Waals surface area contributed by atoms with Gasteiger partial charge in [0.15, 0.2) is 5.65 Å². The lowest BCUT2D eigenvalue weighted by Gasteiger charge is -2.06. The zero-order chi connectivity index (χ0) is 19.3. The number of nitrogens with zero attached hydrogens (tertiary/aromatic N) is 3. The van der Waals surface area contributed by atoms with Gasteiger partial charge in [0.05, 0.1) is 17.6 Å². The molecule has 0 aliphatic carbocycles. The van der Waals surface area contributed by atoms with Gasteiger partial charge in [-0.3, -0.25) is 4.79 Å². The minimum atomic E-state index is -0.0672. The third kappa shape index (κ3) is 4.35. The molecule has 0 bridgehead atoms. The molecule has 2 aromatic carbocycles. The van der Waals surface area contributed by atoms with Crippen LogP contribution in [0.2, 0.25) is 5.02 Å². The van der Waals surface area contributed by atoms with Crippen LogP contribution in [0.5, 0.6) is 0 Å². The van der Waals surface area contributed by atoms with Crippen molar-refractivity contribution >= 4 is 34.9 Å². The average molecular weight is 409 g/mol. The predicted molar refractivity (Wildman–Crippen MR) is 112 cm³/mol. The van der Waals surface area contributed by atoms with E-state index in [0.29, 0.717) is 11.6 Å². The van der Waals surface area contributed by atoms with Crippen molar-refractivity contribution < 1.29 is 4.79 Å². The molecule has 0 atom stereocenters. The zero-order valence-corrected chi connectivity index (χ0v) is 16.5. The quantitative estimate of drug-likeness (QED) is 0.478. The van der Waals surface area contributed by atoms with E-state index in [9.17, 15) is 4.79 Å². The smallest absolute Gasteiger partial charge is 0.230 e. The van der Waals surface area contributed by atoms with Crippen LogP contribution in [0.1, 0.15) is 5.56 Å². The highest BCUT2D eigenvalue weighted by atomic mass is 35.5. The molecule has 140 valence electrons. The molecule has 4 aromatic rings. The third-order valence-corrected chi connectivity index (χ3v) is 5.44. The maximum atomic E-state index is 12.1. The van der Waals surface area contributed by atoms with Crippen molar-refractivity contribution in [3.8, 4) is 11.3 Å². The molecule has 4 rings (SSSR count). The summed E-state index contributed by atoms with van der Waals surface area (Å²) in [5.41, 5.74) is 3.58. The number of hydrogen-bond acceptors (Lipinski definition) is 4. The summed E-state index contributed by atoms with van der Waals surface area (Å²) in [5.74, 6) is 0.214. The fourth-order valence-electron chi connectivity index (χ4n) is 2.72.